The van der Waals surface area contributed by atoms with Crippen LogP contribution in [0, 0.1) is 5.82 Å². The van der Waals surface area contributed by atoms with Gasteiger partial charge < -0.3 is 0 Å². The molecular weight excluding hydrogens is 233 g/mol. The number of carbonyl (C=O) groups is 1. The first kappa shape index (κ1) is 12.3. The van der Waals surface area contributed by atoms with E-state index in [2.05, 4.69) is 0 Å². The van der Waals surface area contributed by atoms with Crippen LogP contribution in [0.1, 0.15) is 10.4 Å². The van der Waals surface area contributed by atoms with Gasteiger partial charge in [0.25, 0.3) is 5.91 Å². The van der Waals surface area contributed by atoms with Crippen LogP contribution in [0.25, 0.3) is 11.1 Å². The van der Waals surface area contributed by atoms with Crippen LogP contribution in [0.15, 0.2) is 48.5 Å². The molecule has 0 heterocycles. The van der Waals surface area contributed by atoms with Gasteiger partial charge in [0.15, 0.2) is 0 Å². The predicted molar refractivity (Wildman–Crippen MR) is 65.7 cm³/mol. The number of hydrogen-bond donors (Lipinski definition) is 1. The maximum absolute atomic E-state index is 12.9. The standard InChI is InChI=1S/C14H12FNO2/c1-16(18)14(17)13-5-3-2-4-12(13)10-6-8-11(15)9-7-10/h2-9,18H,1H3. The molecule has 0 aliphatic carbocycles. The number of carbonyl (C=O) groups excluding carboxylic acids is 1. The van der Waals surface area contributed by atoms with Crippen LogP contribution in [0.4, 0.5) is 4.39 Å². The fourth-order valence-corrected chi connectivity index (χ4v) is 1.73. The molecule has 92 valence electrons. The van der Waals surface area contributed by atoms with E-state index in [0.717, 1.165) is 5.56 Å². The molecule has 0 radical (unpaired) electrons. The Balaban J connectivity index is 2.51. The minimum atomic E-state index is -0.505. The van der Waals surface area contributed by atoms with E-state index in [-0.39, 0.29) is 5.82 Å². The molecule has 0 fully saturated rings. The molecule has 0 bridgehead atoms. The fraction of sp³-hybridized carbons (Fsp3) is 0.0714. The highest BCUT2D eigenvalue weighted by Gasteiger charge is 2.14. The van der Waals surface area contributed by atoms with E-state index in [1.165, 1.54) is 19.2 Å². The number of amides is 1. The van der Waals surface area contributed by atoms with E-state index in [9.17, 15) is 14.4 Å². The lowest BCUT2D eigenvalue weighted by Crippen LogP contribution is -2.23. The Morgan fingerprint density at radius 1 is 1.11 bits per heavy atom. The predicted octanol–water partition coefficient (Wildman–Crippen LogP) is 2.95. The number of halogens is 1. The first-order valence-corrected chi connectivity index (χ1v) is 5.41. The van der Waals surface area contributed by atoms with Crippen LogP contribution in [-0.4, -0.2) is 23.2 Å². The lowest BCUT2D eigenvalue weighted by atomic mass is 9.99. The van der Waals surface area contributed by atoms with E-state index >= 15 is 0 Å². The van der Waals surface area contributed by atoms with Gasteiger partial charge in [0.2, 0.25) is 0 Å². The van der Waals surface area contributed by atoms with Gasteiger partial charge in [-0.05, 0) is 29.3 Å². The van der Waals surface area contributed by atoms with E-state index in [4.69, 9.17) is 0 Å². The lowest BCUT2D eigenvalue weighted by Gasteiger charge is -2.12. The van der Waals surface area contributed by atoms with E-state index in [1.54, 1.807) is 36.4 Å². The van der Waals surface area contributed by atoms with Gasteiger partial charge >= 0.3 is 0 Å². The minimum Gasteiger partial charge on any atom is -0.286 e. The third-order valence-electron chi connectivity index (χ3n) is 2.61. The van der Waals surface area contributed by atoms with Gasteiger partial charge in [0.1, 0.15) is 5.82 Å². The number of benzene rings is 2. The van der Waals surface area contributed by atoms with Crippen molar-refractivity contribution in [2.24, 2.45) is 0 Å². The van der Waals surface area contributed by atoms with Crippen LogP contribution in [0.5, 0.6) is 0 Å². The molecule has 0 saturated carbocycles. The van der Waals surface area contributed by atoms with Crippen LogP contribution in [0.3, 0.4) is 0 Å². The number of nitrogens with zero attached hydrogens (tertiary/aromatic N) is 1. The summed E-state index contributed by atoms with van der Waals surface area (Å²) >= 11 is 0. The average molecular weight is 245 g/mol. The topological polar surface area (TPSA) is 40.5 Å². The Kier molecular flexibility index (Phi) is 3.39. The molecule has 0 unspecified atom stereocenters. The second-order valence-corrected chi connectivity index (χ2v) is 3.88. The van der Waals surface area contributed by atoms with Crippen molar-refractivity contribution in [3.63, 3.8) is 0 Å². The van der Waals surface area contributed by atoms with Crippen molar-refractivity contribution in [2.75, 3.05) is 7.05 Å². The monoisotopic (exact) mass is 245 g/mol. The summed E-state index contributed by atoms with van der Waals surface area (Å²) in [6.45, 7) is 0. The van der Waals surface area contributed by atoms with Crippen molar-refractivity contribution in [3.05, 3.63) is 59.9 Å². The molecule has 2 rings (SSSR count). The van der Waals surface area contributed by atoms with Crippen molar-refractivity contribution in [1.29, 1.82) is 0 Å². The van der Waals surface area contributed by atoms with Crippen LogP contribution in [-0.2, 0) is 0 Å². The van der Waals surface area contributed by atoms with E-state index in [0.29, 0.717) is 16.2 Å². The molecule has 0 spiro atoms. The van der Waals surface area contributed by atoms with Crippen molar-refractivity contribution in [3.8, 4) is 11.1 Å². The van der Waals surface area contributed by atoms with Crippen LogP contribution < -0.4 is 0 Å². The Hall–Kier alpha value is -2.20. The van der Waals surface area contributed by atoms with Crippen LogP contribution >= 0.6 is 0 Å². The highest BCUT2D eigenvalue weighted by atomic mass is 19.1. The third kappa shape index (κ3) is 2.38. The SMILES string of the molecule is CN(O)C(=O)c1ccccc1-c1ccc(F)cc1. The summed E-state index contributed by atoms with van der Waals surface area (Å²) in [5.74, 6) is -0.836. The summed E-state index contributed by atoms with van der Waals surface area (Å²) in [6, 6.07) is 12.7. The second kappa shape index (κ2) is 4.98. The Morgan fingerprint density at radius 2 is 1.72 bits per heavy atom. The Morgan fingerprint density at radius 3 is 2.33 bits per heavy atom. The highest BCUT2D eigenvalue weighted by Crippen LogP contribution is 2.24. The van der Waals surface area contributed by atoms with E-state index < -0.39 is 5.91 Å². The Bertz CT molecular complexity index is 564. The Labute approximate surface area is 104 Å². The molecule has 1 amide bonds. The molecule has 4 heteroatoms. The highest BCUT2D eigenvalue weighted by molar-refractivity contribution is 6.00. The molecule has 3 nitrogen and oxygen atoms in total. The average Bonchev–Trinajstić information content (AvgIpc) is 2.39. The number of hydrogen-bond acceptors (Lipinski definition) is 2. The maximum atomic E-state index is 12.9. The van der Waals surface area contributed by atoms with Gasteiger partial charge in [0.05, 0.1) is 0 Å². The zero-order chi connectivity index (χ0) is 13.1. The van der Waals surface area contributed by atoms with E-state index in [1.807, 2.05) is 0 Å². The van der Waals surface area contributed by atoms with Gasteiger partial charge in [0, 0.05) is 12.6 Å². The largest absolute Gasteiger partial charge is 0.286 e. The molecule has 0 aliphatic rings. The van der Waals surface area contributed by atoms with Gasteiger partial charge in [-0.25, -0.2) is 9.45 Å². The first-order valence-electron chi connectivity index (χ1n) is 5.41. The van der Waals surface area contributed by atoms with Crippen molar-refractivity contribution in [2.45, 2.75) is 0 Å². The summed E-state index contributed by atoms with van der Waals surface area (Å²) in [5.41, 5.74) is 1.75. The molecule has 1 N–H and O–H groups in total. The fourth-order valence-electron chi connectivity index (χ4n) is 1.73. The number of hydroxylamine groups is 2. The zero-order valence-electron chi connectivity index (χ0n) is 9.80. The van der Waals surface area contributed by atoms with Crippen LogP contribution in [0.2, 0.25) is 0 Å². The maximum Gasteiger partial charge on any atom is 0.277 e. The van der Waals surface area contributed by atoms with Crippen molar-refractivity contribution < 1.29 is 14.4 Å². The van der Waals surface area contributed by atoms with Gasteiger partial charge in [-0.15, -0.1) is 0 Å². The number of rotatable bonds is 2. The quantitative estimate of drug-likeness (QED) is 0.652. The van der Waals surface area contributed by atoms with Gasteiger partial charge in [-0.2, -0.15) is 0 Å². The second-order valence-electron chi connectivity index (χ2n) is 3.88. The smallest absolute Gasteiger partial charge is 0.277 e. The minimum absolute atomic E-state index is 0.332. The summed E-state index contributed by atoms with van der Waals surface area (Å²) < 4.78 is 12.9. The molecular formula is C14H12FNO2. The summed E-state index contributed by atoms with van der Waals surface area (Å²) in [7, 11) is 1.27. The summed E-state index contributed by atoms with van der Waals surface area (Å²) in [4.78, 5) is 11.8. The summed E-state index contributed by atoms with van der Waals surface area (Å²) in [5, 5.41) is 9.74. The first-order chi connectivity index (χ1) is 8.59. The summed E-state index contributed by atoms with van der Waals surface area (Å²) in [6.07, 6.45) is 0. The molecule has 0 atom stereocenters. The lowest BCUT2D eigenvalue weighted by molar-refractivity contribution is -0.0374. The molecule has 18 heavy (non-hydrogen) atoms. The molecule has 2 aromatic carbocycles. The molecule has 0 saturated heterocycles. The molecule has 2 aromatic rings. The zero-order valence-corrected chi connectivity index (χ0v) is 9.80. The van der Waals surface area contributed by atoms with Gasteiger partial charge in [-0.1, -0.05) is 30.3 Å². The normalized spacial score (nSPS) is 10.2. The van der Waals surface area contributed by atoms with Gasteiger partial charge in [-0.3, -0.25) is 10.0 Å². The molecule has 0 aromatic heterocycles. The van der Waals surface area contributed by atoms with Crippen molar-refractivity contribution in [1.82, 2.24) is 5.06 Å². The van der Waals surface area contributed by atoms with Crippen molar-refractivity contribution >= 4 is 5.91 Å². The molecule has 0 aliphatic heterocycles. The third-order valence-corrected chi connectivity index (χ3v) is 2.61.